The fourth-order valence-electron chi connectivity index (χ4n) is 5.71. The Kier molecular flexibility index (Phi) is 6.55. The lowest BCUT2D eigenvalue weighted by Gasteiger charge is -2.44. The maximum Gasteiger partial charge on any atom is 0.573 e. The summed E-state index contributed by atoms with van der Waals surface area (Å²) in [6.45, 7) is 5.67. The molecule has 214 valence electrons. The van der Waals surface area contributed by atoms with Gasteiger partial charge in [-0.1, -0.05) is 12.1 Å². The highest BCUT2D eigenvalue weighted by molar-refractivity contribution is 5.94. The van der Waals surface area contributed by atoms with Gasteiger partial charge in [-0.25, -0.2) is 9.37 Å². The Morgan fingerprint density at radius 1 is 1.05 bits per heavy atom. The van der Waals surface area contributed by atoms with Gasteiger partial charge in [0, 0.05) is 38.1 Å². The van der Waals surface area contributed by atoms with Crippen molar-refractivity contribution in [3.63, 3.8) is 0 Å². The van der Waals surface area contributed by atoms with E-state index < -0.39 is 6.36 Å². The summed E-state index contributed by atoms with van der Waals surface area (Å²) in [5.74, 6) is -0.905. The number of rotatable bonds is 6. The summed E-state index contributed by atoms with van der Waals surface area (Å²) in [5.41, 5.74) is 4.53. The summed E-state index contributed by atoms with van der Waals surface area (Å²) >= 11 is 0. The second-order valence-electron chi connectivity index (χ2n) is 10.8. The molecule has 2 aliphatic rings. The van der Waals surface area contributed by atoms with Crippen LogP contribution in [-0.2, 0) is 6.54 Å². The molecule has 4 aromatic rings. The first kappa shape index (κ1) is 26.9. The van der Waals surface area contributed by atoms with Gasteiger partial charge < -0.3 is 19.9 Å². The number of piperazine rings is 1. The number of carbonyl (C=O) groups is 1. The molecule has 0 atom stereocenters. The van der Waals surface area contributed by atoms with Crippen molar-refractivity contribution in [3.05, 3.63) is 89.1 Å². The first-order chi connectivity index (χ1) is 19.5. The molecule has 1 saturated carbocycles. The number of pyridine rings is 1. The third-order valence-electron chi connectivity index (χ3n) is 7.82. The number of imidazole rings is 1. The number of aromatic nitrogens is 2. The monoisotopic (exact) mass is 567 g/mol. The van der Waals surface area contributed by atoms with Crippen LogP contribution in [0, 0.1) is 19.7 Å². The number of nitrogens with zero attached hydrogens (tertiary/aromatic N) is 4. The number of carbonyl (C=O) groups excluding carboxylic acids is 1. The van der Waals surface area contributed by atoms with Crippen LogP contribution in [0.2, 0.25) is 0 Å². The van der Waals surface area contributed by atoms with Crippen molar-refractivity contribution < 1.29 is 27.1 Å². The minimum atomic E-state index is -4.73. The molecule has 2 fully saturated rings. The van der Waals surface area contributed by atoms with Crippen LogP contribution >= 0.6 is 0 Å². The molecule has 1 aliphatic heterocycles. The van der Waals surface area contributed by atoms with E-state index in [4.69, 9.17) is 0 Å². The predicted octanol–water partition coefficient (Wildman–Crippen LogP) is 5.78. The van der Waals surface area contributed by atoms with Crippen LogP contribution in [0.15, 0.2) is 60.8 Å². The number of hydrogen-bond donors (Lipinski definition) is 1. The Morgan fingerprint density at radius 3 is 2.49 bits per heavy atom. The number of halogens is 4. The number of ether oxygens (including phenoxy) is 1. The first-order valence-electron chi connectivity index (χ1n) is 13.4. The average molecular weight is 568 g/mol. The first-order valence-corrected chi connectivity index (χ1v) is 13.4. The zero-order valence-electron chi connectivity index (χ0n) is 22.6. The van der Waals surface area contributed by atoms with Gasteiger partial charge in [0.05, 0.1) is 16.9 Å². The van der Waals surface area contributed by atoms with Gasteiger partial charge in [0.2, 0.25) is 0 Å². The van der Waals surface area contributed by atoms with Crippen LogP contribution in [0.4, 0.5) is 28.9 Å². The standard InChI is InChI=1S/C30H29F4N5O2/c1-19-3-10-26-36-20(2)27(38(26)17-19)28(40)35-16-21-4-9-25(24(31)15-21)37-13-14-39(29(18-37)11-12-29)22-5-7-23(8-6-22)41-30(32,33)34/h3-10,15,17H,11-14,16,18H2,1-2H3,(H,35,40). The summed E-state index contributed by atoms with van der Waals surface area (Å²) < 4.78 is 58.6. The third-order valence-corrected chi connectivity index (χ3v) is 7.82. The molecule has 3 heterocycles. The van der Waals surface area contributed by atoms with Crippen LogP contribution < -0.4 is 19.9 Å². The Balaban J connectivity index is 1.11. The number of aryl methyl sites for hydroxylation is 2. The lowest BCUT2D eigenvalue weighted by Crippen LogP contribution is -2.55. The number of benzene rings is 2. The molecule has 1 saturated heterocycles. The van der Waals surface area contributed by atoms with Crippen molar-refractivity contribution >= 4 is 22.9 Å². The van der Waals surface area contributed by atoms with Gasteiger partial charge in [-0.05, 0) is 80.3 Å². The molecule has 2 aromatic carbocycles. The summed E-state index contributed by atoms with van der Waals surface area (Å²) in [6.07, 6.45) is -1.04. The van der Waals surface area contributed by atoms with Gasteiger partial charge in [-0.3, -0.25) is 9.20 Å². The van der Waals surface area contributed by atoms with Crippen molar-refractivity contribution in [2.24, 2.45) is 0 Å². The molecule has 11 heteroatoms. The fraction of sp³-hybridized carbons (Fsp3) is 0.333. The highest BCUT2D eigenvalue weighted by Gasteiger charge is 2.51. The molecule has 1 spiro atoms. The van der Waals surface area contributed by atoms with Gasteiger partial charge in [0.1, 0.15) is 22.9 Å². The van der Waals surface area contributed by atoms with Gasteiger partial charge in [0.15, 0.2) is 0 Å². The normalized spacial score (nSPS) is 16.3. The van der Waals surface area contributed by atoms with Gasteiger partial charge >= 0.3 is 6.36 Å². The number of fused-ring (bicyclic) bond motifs is 1. The second kappa shape index (κ2) is 9.97. The van der Waals surface area contributed by atoms with E-state index in [9.17, 15) is 18.0 Å². The van der Waals surface area contributed by atoms with E-state index in [0.29, 0.717) is 47.9 Å². The van der Waals surface area contributed by atoms with E-state index in [1.165, 1.54) is 18.2 Å². The number of alkyl halides is 3. The summed E-state index contributed by atoms with van der Waals surface area (Å²) in [4.78, 5) is 21.7. The fourth-order valence-corrected chi connectivity index (χ4v) is 5.71. The van der Waals surface area contributed by atoms with E-state index in [1.807, 2.05) is 36.2 Å². The Hall–Kier alpha value is -4.28. The van der Waals surface area contributed by atoms with Gasteiger partial charge in [-0.15, -0.1) is 13.2 Å². The summed E-state index contributed by atoms with van der Waals surface area (Å²) in [7, 11) is 0. The number of nitrogens with one attached hydrogen (secondary N) is 1. The minimum Gasteiger partial charge on any atom is -0.406 e. The summed E-state index contributed by atoms with van der Waals surface area (Å²) in [5, 5.41) is 2.89. The van der Waals surface area contributed by atoms with Crippen molar-refractivity contribution in [3.8, 4) is 5.75 Å². The predicted molar refractivity (Wildman–Crippen MR) is 147 cm³/mol. The number of anilines is 2. The van der Waals surface area contributed by atoms with E-state index in [-0.39, 0.29) is 29.6 Å². The van der Waals surface area contributed by atoms with Crippen molar-refractivity contribution in [2.45, 2.75) is 45.1 Å². The lowest BCUT2D eigenvalue weighted by molar-refractivity contribution is -0.274. The van der Waals surface area contributed by atoms with Gasteiger partial charge in [0.25, 0.3) is 5.91 Å². The largest absolute Gasteiger partial charge is 0.573 e. The van der Waals surface area contributed by atoms with Crippen LogP contribution in [0.25, 0.3) is 5.65 Å². The van der Waals surface area contributed by atoms with Crippen LogP contribution in [0.1, 0.15) is 40.2 Å². The molecule has 0 radical (unpaired) electrons. The molecule has 1 amide bonds. The molecular formula is C30H29F4N5O2. The molecule has 0 unspecified atom stereocenters. The molecule has 2 aromatic heterocycles. The quantitative estimate of drug-likeness (QED) is 0.300. The lowest BCUT2D eigenvalue weighted by atomic mass is 10.1. The average Bonchev–Trinajstić information content (AvgIpc) is 3.59. The SMILES string of the molecule is Cc1ccc2nc(C)c(C(=O)NCc3ccc(N4CCN(c5ccc(OC(F)(F)F)cc5)C5(CC5)C4)c(F)c3)n2c1. The highest BCUT2D eigenvalue weighted by atomic mass is 19.4. The molecule has 6 rings (SSSR count). The van der Waals surface area contributed by atoms with Crippen molar-refractivity contribution in [1.82, 2.24) is 14.7 Å². The Bertz CT molecular complexity index is 1610. The zero-order valence-corrected chi connectivity index (χ0v) is 22.6. The van der Waals surface area contributed by atoms with Crippen LogP contribution in [0.3, 0.4) is 0 Å². The minimum absolute atomic E-state index is 0.167. The number of hydrogen-bond acceptors (Lipinski definition) is 5. The van der Waals surface area contributed by atoms with Crippen LogP contribution in [-0.4, -0.2) is 46.8 Å². The topological polar surface area (TPSA) is 62.1 Å². The maximum atomic E-state index is 15.3. The van der Waals surface area contributed by atoms with E-state index >= 15 is 4.39 Å². The smallest absolute Gasteiger partial charge is 0.406 e. The van der Waals surface area contributed by atoms with E-state index in [2.05, 4.69) is 19.9 Å². The summed E-state index contributed by atoms with van der Waals surface area (Å²) in [6, 6.07) is 14.7. The molecule has 41 heavy (non-hydrogen) atoms. The Morgan fingerprint density at radius 2 is 1.80 bits per heavy atom. The zero-order chi connectivity index (χ0) is 28.9. The third kappa shape index (κ3) is 5.40. The molecular weight excluding hydrogens is 538 g/mol. The maximum absolute atomic E-state index is 15.3. The highest BCUT2D eigenvalue weighted by Crippen LogP contribution is 2.47. The van der Waals surface area contributed by atoms with E-state index in [0.717, 1.165) is 24.1 Å². The van der Waals surface area contributed by atoms with Crippen molar-refractivity contribution in [2.75, 3.05) is 29.4 Å². The number of amides is 1. The van der Waals surface area contributed by atoms with Crippen molar-refractivity contribution in [1.29, 1.82) is 0 Å². The second-order valence-corrected chi connectivity index (χ2v) is 10.8. The molecule has 1 aliphatic carbocycles. The molecule has 7 nitrogen and oxygen atoms in total. The van der Waals surface area contributed by atoms with Crippen LogP contribution in [0.5, 0.6) is 5.75 Å². The van der Waals surface area contributed by atoms with Gasteiger partial charge in [-0.2, -0.15) is 0 Å². The Labute approximate surface area is 234 Å². The molecule has 1 N–H and O–H groups in total. The van der Waals surface area contributed by atoms with E-state index in [1.54, 1.807) is 29.5 Å². The molecule has 0 bridgehead atoms.